The lowest BCUT2D eigenvalue weighted by atomic mass is 9.50. The summed E-state index contributed by atoms with van der Waals surface area (Å²) in [5, 5.41) is 20.6. The van der Waals surface area contributed by atoms with Crippen molar-refractivity contribution >= 4 is 23.6 Å². The van der Waals surface area contributed by atoms with Crippen LogP contribution in [0.1, 0.15) is 80.4 Å². The number of nitrogens with zero attached hydrogens (tertiary/aromatic N) is 1. The number of urea groups is 1. The third kappa shape index (κ3) is 5.42. The molecule has 2 fully saturated rings. The van der Waals surface area contributed by atoms with Gasteiger partial charge in [0.1, 0.15) is 17.0 Å². The number of aromatic nitrogens is 1. The van der Waals surface area contributed by atoms with E-state index >= 15 is 8.78 Å². The fourth-order valence-corrected chi connectivity index (χ4v) is 8.72. The van der Waals surface area contributed by atoms with Crippen LogP contribution in [0, 0.1) is 31.1 Å². The largest absolute Gasteiger partial charge is 0.456 e. The molecule has 4 aliphatic carbocycles. The van der Waals surface area contributed by atoms with Crippen LogP contribution >= 0.6 is 0 Å². The first-order valence-corrected chi connectivity index (χ1v) is 16.0. The van der Waals surface area contributed by atoms with Gasteiger partial charge in [0.25, 0.3) is 0 Å². The first-order chi connectivity index (χ1) is 22.1. The zero-order valence-corrected chi connectivity index (χ0v) is 26.4. The number of rotatable bonds is 6. The highest BCUT2D eigenvalue weighted by molar-refractivity contribution is 5.93. The standard InChI is InChI=1S/C35H38F5N3O4/c1-19-30(20(2)47-43-19)42-31(45)41-16-4-5-21-6-8-22(9-7-21)27-18-32(3)28(14-15-33(32,46)34(36,37)35(38,39)40)26-12-10-23-17-24(44)11-13-25(23)29(26)27/h4-9,17,26-28,46H,10-16,18H2,1-3H3,(H2,41,42,45)/b5-4+/t26?,27-,28?,32+,33+/m1/s1. The number of halogens is 5. The third-order valence-corrected chi connectivity index (χ3v) is 11.1. The summed E-state index contributed by atoms with van der Waals surface area (Å²) in [5.41, 5.74) is 0.641. The minimum Gasteiger partial charge on any atom is -0.383 e. The molecule has 6 rings (SSSR count). The van der Waals surface area contributed by atoms with Crippen LogP contribution in [0.5, 0.6) is 0 Å². The molecule has 47 heavy (non-hydrogen) atoms. The molecule has 2 amide bonds. The number of carbonyl (C=O) groups excluding carboxylic acids is 2. The summed E-state index contributed by atoms with van der Waals surface area (Å²) < 4.78 is 76.9. The molecule has 4 aliphatic rings. The number of carbonyl (C=O) groups is 2. The average Bonchev–Trinajstić information content (AvgIpc) is 3.48. The normalized spacial score (nSPS) is 29.3. The third-order valence-electron chi connectivity index (χ3n) is 11.1. The molecule has 2 aromatic rings. The van der Waals surface area contributed by atoms with E-state index in [1.807, 2.05) is 24.3 Å². The number of anilines is 1. The monoisotopic (exact) mass is 659 g/mol. The number of aliphatic hydroxyl groups is 1. The van der Waals surface area contributed by atoms with Gasteiger partial charge in [-0.15, -0.1) is 0 Å². The molecule has 3 N–H and O–H groups in total. The van der Waals surface area contributed by atoms with Gasteiger partial charge < -0.3 is 20.3 Å². The second-order valence-corrected chi connectivity index (χ2v) is 13.6. The van der Waals surface area contributed by atoms with E-state index in [1.54, 1.807) is 32.1 Å². The molecule has 0 saturated heterocycles. The van der Waals surface area contributed by atoms with Gasteiger partial charge in [-0.2, -0.15) is 22.0 Å². The lowest BCUT2D eigenvalue weighted by Crippen LogP contribution is -2.65. The molecule has 12 heteroatoms. The van der Waals surface area contributed by atoms with Gasteiger partial charge in [-0.25, -0.2) is 4.79 Å². The number of fused-ring (bicyclic) bond motifs is 4. The highest BCUT2D eigenvalue weighted by Crippen LogP contribution is 2.70. The number of nitrogens with one attached hydrogen (secondary N) is 2. The van der Waals surface area contributed by atoms with Crippen molar-refractivity contribution in [3.05, 3.63) is 75.7 Å². The summed E-state index contributed by atoms with van der Waals surface area (Å²) >= 11 is 0. The fraction of sp³-hybridized carbons (Fsp3) is 0.514. The maximum atomic E-state index is 15.2. The molecule has 1 heterocycles. The second kappa shape index (κ2) is 11.7. The molecule has 7 nitrogen and oxygen atoms in total. The Morgan fingerprint density at radius 2 is 1.83 bits per heavy atom. The van der Waals surface area contributed by atoms with Crippen LogP contribution in [-0.4, -0.2) is 46.3 Å². The highest BCUT2D eigenvalue weighted by Gasteiger charge is 2.79. The first kappa shape index (κ1) is 33.1. The molecule has 252 valence electrons. The highest BCUT2D eigenvalue weighted by atomic mass is 19.4. The molecular formula is C35H38F5N3O4. The Balaban J connectivity index is 1.27. The van der Waals surface area contributed by atoms with E-state index < -0.39 is 47.4 Å². The van der Waals surface area contributed by atoms with Gasteiger partial charge in [-0.3, -0.25) is 4.79 Å². The van der Waals surface area contributed by atoms with Gasteiger partial charge in [0.05, 0.1) is 0 Å². The van der Waals surface area contributed by atoms with E-state index in [9.17, 15) is 27.9 Å². The van der Waals surface area contributed by atoms with Crippen molar-refractivity contribution in [2.24, 2.45) is 17.3 Å². The van der Waals surface area contributed by atoms with Crippen LogP contribution in [0.15, 0.2) is 57.7 Å². The quantitative estimate of drug-likeness (QED) is 0.273. The minimum absolute atomic E-state index is 0.0342. The molecule has 0 aliphatic heterocycles. The van der Waals surface area contributed by atoms with E-state index in [-0.39, 0.29) is 31.1 Å². The fourth-order valence-electron chi connectivity index (χ4n) is 8.72. The minimum atomic E-state index is -5.89. The molecular weight excluding hydrogens is 621 g/mol. The van der Waals surface area contributed by atoms with Crippen LogP contribution in [0.25, 0.3) is 6.08 Å². The topological polar surface area (TPSA) is 104 Å². The van der Waals surface area contributed by atoms with Crippen molar-refractivity contribution in [1.29, 1.82) is 0 Å². The summed E-state index contributed by atoms with van der Waals surface area (Å²) in [4.78, 5) is 24.5. The molecule has 5 atom stereocenters. The van der Waals surface area contributed by atoms with Crippen molar-refractivity contribution in [3.8, 4) is 0 Å². The molecule has 1 aromatic carbocycles. The van der Waals surface area contributed by atoms with Gasteiger partial charge in [0.2, 0.25) is 0 Å². The van der Waals surface area contributed by atoms with Crippen LogP contribution in [-0.2, 0) is 4.79 Å². The zero-order chi connectivity index (χ0) is 33.9. The Bertz CT molecular complexity index is 1650. The number of hydrogen-bond donors (Lipinski definition) is 3. The number of benzene rings is 1. The van der Waals surface area contributed by atoms with E-state index in [0.717, 1.165) is 27.8 Å². The lowest BCUT2D eigenvalue weighted by Gasteiger charge is -2.56. The van der Waals surface area contributed by atoms with E-state index in [4.69, 9.17) is 4.52 Å². The predicted molar refractivity (Wildman–Crippen MR) is 165 cm³/mol. The summed E-state index contributed by atoms with van der Waals surface area (Å²) in [5.74, 6) is -6.09. The lowest BCUT2D eigenvalue weighted by molar-refractivity contribution is -0.362. The maximum Gasteiger partial charge on any atom is 0.456 e. The number of amides is 2. The molecule has 1 aromatic heterocycles. The predicted octanol–water partition coefficient (Wildman–Crippen LogP) is 7.95. The molecule has 2 saturated carbocycles. The maximum absolute atomic E-state index is 15.2. The van der Waals surface area contributed by atoms with Crippen LogP contribution in [0.3, 0.4) is 0 Å². The Morgan fingerprint density at radius 3 is 2.49 bits per heavy atom. The van der Waals surface area contributed by atoms with Crippen molar-refractivity contribution in [2.75, 3.05) is 11.9 Å². The molecule has 0 spiro atoms. The van der Waals surface area contributed by atoms with Crippen LogP contribution < -0.4 is 10.6 Å². The van der Waals surface area contributed by atoms with Crippen LogP contribution in [0.2, 0.25) is 0 Å². The van der Waals surface area contributed by atoms with Crippen molar-refractivity contribution in [1.82, 2.24) is 10.5 Å². The molecule has 0 bridgehead atoms. The summed E-state index contributed by atoms with van der Waals surface area (Å²) in [6.07, 6.45) is 0.600. The first-order valence-electron chi connectivity index (χ1n) is 16.0. The average molecular weight is 660 g/mol. The van der Waals surface area contributed by atoms with Gasteiger partial charge in [0, 0.05) is 24.3 Å². The van der Waals surface area contributed by atoms with E-state index in [1.165, 1.54) is 6.92 Å². The number of ketones is 1. The van der Waals surface area contributed by atoms with Crippen molar-refractivity contribution < 1.29 is 41.2 Å². The number of allylic oxidation sites excluding steroid dienone is 4. The molecule has 2 unspecified atom stereocenters. The number of aryl methyl sites for hydroxylation is 2. The van der Waals surface area contributed by atoms with Gasteiger partial charge in [-0.1, -0.05) is 54.1 Å². The number of hydrogen-bond acceptors (Lipinski definition) is 5. The smallest absolute Gasteiger partial charge is 0.383 e. The Hall–Kier alpha value is -3.80. The SMILES string of the molecule is Cc1noc(C)c1NC(=O)NC/C=C/c1ccc([C@H]2C[C@@]3(C)C(CC[C@@]3(O)C(F)(F)C(F)(F)F)C3CCC4=CC(=O)CCC4=C32)cc1. The van der Waals surface area contributed by atoms with Gasteiger partial charge >= 0.3 is 18.1 Å². The van der Waals surface area contributed by atoms with Crippen molar-refractivity contribution in [3.63, 3.8) is 0 Å². The summed E-state index contributed by atoms with van der Waals surface area (Å²) in [6, 6.07) is 6.93. The summed E-state index contributed by atoms with van der Waals surface area (Å²) in [6.45, 7) is 5.04. The van der Waals surface area contributed by atoms with Crippen molar-refractivity contribution in [2.45, 2.75) is 89.3 Å². The Kier molecular flexibility index (Phi) is 8.25. The van der Waals surface area contributed by atoms with Gasteiger partial charge in [0.15, 0.2) is 11.5 Å². The molecule has 0 radical (unpaired) electrons. The van der Waals surface area contributed by atoms with E-state index in [0.29, 0.717) is 42.8 Å². The number of alkyl halides is 5. The van der Waals surface area contributed by atoms with Gasteiger partial charge in [-0.05, 0) is 92.6 Å². The van der Waals surface area contributed by atoms with E-state index in [2.05, 4.69) is 15.8 Å². The summed E-state index contributed by atoms with van der Waals surface area (Å²) in [7, 11) is 0. The Labute approximate surface area is 269 Å². The second-order valence-electron chi connectivity index (χ2n) is 13.6. The van der Waals surface area contributed by atoms with Crippen LogP contribution in [0.4, 0.5) is 32.4 Å². The Morgan fingerprint density at radius 1 is 1.11 bits per heavy atom. The zero-order valence-electron chi connectivity index (χ0n) is 26.4.